The van der Waals surface area contributed by atoms with Gasteiger partial charge in [0.2, 0.25) is 0 Å². The van der Waals surface area contributed by atoms with E-state index in [1.165, 1.54) is 0 Å². The molecule has 0 saturated carbocycles. The van der Waals surface area contributed by atoms with Crippen LogP contribution in [-0.4, -0.2) is 17.4 Å². The van der Waals surface area contributed by atoms with Crippen molar-refractivity contribution in [2.75, 3.05) is 16.8 Å². The Morgan fingerprint density at radius 2 is 2.08 bits per heavy atom. The van der Waals surface area contributed by atoms with Crippen LogP contribution in [0, 0.1) is 6.92 Å². The zero-order valence-electron chi connectivity index (χ0n) is 14.4. The molecule has 0 radical (unpaired) electrons. The maximum absolute atomic E-state index is 12.8. The summed E-state index contributed by atoms with van der Waals surface area (Å²) < 4.78 is 5.28. The topological polar surface area (TPSA) is 58.4 Å². The van der Waals surface area contributed by atoms with E-state index >= 15 is 0 Å². The molecule has 0 aliphatic rings. The van der Waals surface area contributed by atoms with E-state index in [0.29, 0.717) is 18.8 Å². The third-order valence-corrected chi connectivity index (χ3v) is 3.90. The molecular formula is C20H21N3O2. The van der Waals surface area contributed by atoms with Gasteiger partial charge in [-0.2, -0.15) is 0 Å². The van der Waals surface area contributed by atoms with Crippen molar-refractivity contribution in [3.63, 3.8) is 0 Å². The average Bonchev–Trinajstić information content (AvgIpc) is 3.15. The second kappa shape index (κ2) is 7.66. The molecule has 0 atom stereocenters. The SMILES string of the molecule is CCN(C(=O)c1ccc(NCc2ccco2)cn1)c1cccc(C)c1. The third-order valence-electron chi connectivity index (χ3n) is 3.90. The van der Waals surface area contributed by atoms with Crippen LogP contribution in [-0.2, 0) is 6.54 Å². The van der Waals surface area contributed by atoms with Gasteiger partial charge in [-0.05, 0) is 55.8 Å². The number of aromatic nitrogens is 1. The fraction of sp³-hybridized carbons (Fsp3) is 0.200. The lowest BCUT2D eigenvalue weighted by atomic mass is 10.2. The van der Waals surface area contributed by atoms with E-state index in [4.69, 9.17) is 4.42 Å². The Balaban J connectivity index is 1.70. The number of aryl methyl sites for hydroxylation is 1. The molecule has 0 saturated heterocycles. The summed E-state index contributed by atoms with van der Waals surface area (Å²) in [7, 11) is 0. The van der Waals surface area contributed by atoms with Gasteiger partial charge >= 0.3 is 0 Å². The Labute approximate surface area is 147 Å². The number of amides is 1. The van der Waals surface area contributed by atoms with Crippen LogP contribution >= 0.6 is 0 Å². The predicted molar refractivity (Wildman–Crippen MR) is 98.8 cm³/mol. The van der Waals surface area contributed by atoms with E-state index in [-0.39, 0.29) is 5.91 Å². The quantitative estimate of drug-likeness (QED) is 0.731. The third kappa shape index (κ3) is 4.07. The zero-order chi connectivity index (χ0) is 17.6. The van der Waals surface area contributed by atoms with Crippen molar-refractivity contribution >= 4 is 17.3 Å². The molecule has 25 heavy (non-hydrogen) atoms. The first-order valence-electron chi connectivity index (χ1n) is 8.28. The molecule has 0 aliphatic heterocycles. The van der Waals surface area contributed by atoms with Gasteiger partial charge in [0.1, 0.15) is 11.5 Å². The minimum atomic E-state index is -0.106. The number of anilines is 2. The van der Waals surface area contributed by atoms with Gasteiger partial charge in [0.15, 0.2) is 0 Å². The summed E-state index contributed by atoms with van der Waals surface area (Å²) in [6.07, 6.45) is 3.31. The summed E-state index contributed by atoms with van der Waals surface area (Å²) in [5, 5.41) is 3.21. The van der Waals surface area contributed by atoms with Crippen molar-refractivity contribution in [3.8, 4) is 0 Å². The van der Waals surface area contributed by atoms with Crippen LogP contribution in [0.3, 0.4) is 0 Å². The number of hydrogen-bond acceptors (Lipinski definition) is 4. The number of carbonyl (C=O) groups is 1. The second-order valence-electron chi connectivity index (χ2n) is 5.75. The summed E-state index contributed by atoms with van der Waals surface area (Å²) in [6, 6.07) is 15.3. The molecular weight excluding hydrogens is 314 g/mol. The Hall–Kier alpha value is -3.08. The summed E-state index contributed by atoms with van der Waals surface area (Å²) in [5.41, 5.74) is 3.27. The monoisotopic (exact) mass is 335 g/mol. The maximum Gasteiger partial charge on any atom is 0.276 e. The zero-order valence-corrected chi connectivity index (χ0v) is 14.4. The van der Waals surface area contributed by atoms with Gasteiger partial charge in [-0.15, -0.1) is 0 Å². The Morgan fingerprint density at radius 1 is 1.20 bits per heavy atom. The van der Waals surface area contributed by atoms with Crippen LogP contribution in [0.5, 0.6) is 0 Å². The first kappa shape index (κ1) is 16.8. The van der Waals surface area contributed by atoms with Gasteiger partial charge < -0.3 is 14.6 Å². The molecule has 0 unspecified atom stereocenters. The van der Waals surface area contributed by atoms with Crippen molar-refractivity contribution in [2.24, 2.45) is 0 Å². The molecule has 1 amide bonds. The molecule has 1 aromatic carbocycles. The van der Waals surface area contributed by atoms with Crippen molar-refractivity contribution < 1.29 is 9.21 Å². The highest BCUT2D eigenvalue weighted by atomic mass is 16.3. The van der Waals surface area contributed by atoms with Crippen molar-refractivity contribution in [3.05, 3.63) is 78.0 Å². The number of pyridine rings is 1. The first-order valence-corrected chi connectivity index (χ1v) is 8.28. The minimum Gasteiger partial charge on any atom is -0.467 e. The fourth-order valence-electron chi connectivity index (χ4n) is 2.60. The molecule has 2 heterocycles. The highest BCUT2D eigenvalue weighted by Gasteiger charge is 2.17. The van der Waals surface area contributed by atoms with Crippen LogP contribution in [0.15, 0.2) is 65.4 Å². The highest BCUT2D eigenvalue weighted by Crippen LogP contribution is 2.18. The van der Waals surface area contributed by atoms with E-state index in [1.54, 1.807) is 23.4 Å². The summed E-state index contributed by atoms with van der Waals surface area (Å²) in [6.45, 7) is 5.13. The molecule has 0 spiro atoms. The van der Waals surface area contributed by atoms with Crippen LogP contribution in [0.4, 0.5) is 11.4 Å². The van der Waals surface area contributed by atoms with E-state index in [1.807, 2.05) is 56.3 Å². The molecule has 0 fully saturated rings. The Morgan fingerprint density at radius 3 is 2.72 bits per heavy atom. The van der Waals surface area contributed by atoms with E-state index in [2.05, 4.69) is 10.3 Å². The van der Waals surface area contributed by atoms with Gasteiger partial charge in [0, 0.05) is 12.2 Å². The van der Waals surface area contributed by atoms with Gasteiger partial charge in [-0.1, -0.05) is 12.1 Å². The summed E-state index contributed by atoms with van der Waals surface area (Å²) in [4.78, 5) is 18.8. The van der Waals surface area contributed by atoms with Crippen LogP contribution < -0.4 is 10.2 Å². The molecule has 5 heteroatoms. The average molecular weight is 335 g/mol. The van der Waals surface area contributed by atoms with Crippen molar-refractivity contribution in [1.29, 1.82) is 0 Å². The van der Waals surface area contributed by atoms with Crippen LogP contribution in [0.2, 0.25) is 0 Å². The summed E-state index contributed by atoms with van der Waals surface area (Å²) in [5.74, 6) is 0.738. The molecule has 5 nitrogen and oxygen atoms in total. The number of furan rings is 1. The lowest BCUT2D eigenvalue weighted by molar-refractivity contribution is 0.0983. The number of rotatable bonds is 6. The Kier molecular flexibility index (Phi) is 5.14. The Bertz CT molecular complexity index is 826. The van der Waals surface area contributed by atoms with Crippen LogP contribution in [0.1, 0.15) is 28.7 Å². The normalized spacial score (nSPS) is 10.5. The largest absolute Gasteiger partial charge is 0.467 e. The molecule has 0 bridgehead atoms. The van der Waals surface area contributed by atoms with Gasteiger partial charge in [-0.25, -0.2) is 4.98 Å². The minimum absolute atomic E-state index is 0.106. The number of benzene rings is 1. The lowest BCUT2D eigenvalue weighted by Crippen LogP contribution is -2.31. The molecule has 3 aromatic rings. The van der Waals surface area contributed by atoms with Gasteiger partial charge in [0.05, 0.1) is 24.7 Å². The van der Waals surface area contributed by atoms with Crippen LogP contribution in [0.25, 0.3) is 0 Å². The molecule has 3 rings (SSSR count). The lowest BCUT2D eigenvalue weighted by Gasteiger charge is -2.21. The highest BCUT2D eigenvalue weighted by molar-refractivity contribution is 6.04. The standard InChI is InChI=1S/C20H21N3O2/c1-3-23(17-7-4-6-15(2)12-17)20(24)19-10-9-16(13-22-19)21-14-18-8-5-11-25-18/h4-13,21H,3,14H2,1-2H3. The summed E-state index contributed by atoms with van der Waals surface area (Å²) >= 11 is 0. The van der Waals surface area contributed by atoms with Crippen molar-refractivity contribution in [2.45, 2.75) is 20.4 Å². The molecule has 1 N–H and O–H groups in total. The number of nitrogens with one attached hydrogen (secondary N) is 1. The first-order chi connectivity index (χ1) is 12.2. The van der Waals surface area contributed by atoms with E-state index < -0.39 is 0 Å². The fourth-order valence-corrected chi connectivity index (χ4v) is 2.60. The van der Waals surface area contributed by atoms with Gasteiger partial charge in [0.25, 0.3) is 5.91 Å². The maximum atomic E-state index is 12.8. The predicted octanol–water partition coefficient (Wildman–Crippen LogP) is 4.26. The molecule has 128 valence electrons. The van der Waals surface area contributed by atoms with Gasteiger partial charge in [-0.3, -0.25) is 4.79 Å². The molecule has 2 aromatic heterocycles. The van der Waals surface area contributed by atoms with E-state index in [0.717, 1.165) is 22.7 Å². The molecule has 0 aliphatic carbocycles. The van der Waals surface area contributed by atoms with Crippen molar-refractivity contribution in [1.82, 2.24) is 4.98 Å². The number of hydrogen-bond donors (Lipinski definition) is 1. The number of nitrogens with zero attached hydrogens (tertiary/aromatic N) is 2. The van der Waals surface area contributed by atoms with E-state index in [9.17, 15) is 4.79 Å². The smallest absolute Gasteiger partial charge is 0.276 e. The number of carbonyl (C=O) groups excluding carboxylic acids is 1. The second-order valence-corrected chi connectivity index (χ2v) is 5.75.